The third-order valence-corrected chi connectivity index (χ3v) is 3.60. The highest BCUT2D eigenvalue weighted by atomic mass is 35.5. The number of amides is 1. The number of fused-ring (bicyclic) bond motifs is 1. The predicted molar refractivity (Wildman–Crippen MR) is 91.6 cm³/mol. The van der Waals surface area contributed by atoms with E-state index in [1.165, 1.54) is 6.07 Å². The average Bonchev–Trinajstić information content (AvgIpc) is 2.62. The molecule has 0 spiro atoms. The Hall–Kier alpha value is -2.99. The molecule has 1 aromatic heterocycles. The second-order valence-electron chi connectivity index (χ2n) is 5.02. The maximum absolute atomic E-state index is 12.4. The van der Waals surface area contributed by atoms with Crippen molar-refractivity contribution in [1.82, 2.24) is 9.97 Å². The molecule has 2 N–H and O–H groups in total. The molecule has 6 nitrogen and oxygen atoms in total. The van der Waals surface area contributed by atoms with Crippen molar-refractivity contribution < 1.29 is 9.59 Å². The molecule has 0 aliphatic carbocycles. The predicted octanol–water partition coefficient (Wildman–Crippen LogP) is 2.33. The maximum Gasteiger partial charge on any atom is 0.259 e. The lowest BCUT2D eigenvalue weighted by molar-refractivity contribution is -0.113. The number of aromatic nitrogens is 2. The molecule has 0 bridgehead atoms. The molecule has 120 valence electrons. The number of nitrogens with one attached hydrogen (secondary N) is 2. The first-order valence-electron chi connectivity index (χ1n) is 7.08. The van der Waals surface area contributed by atoms with Crippen molar-refractivity contribution >= 4 is 39.9 Å². The van der Waals surface area contributed by atoms with Gasteiger partial charge >= 0.3 is 0 Å². The molecule has 1 amide bonds. The Kier molecular flexibility index (Phi) is 4.39. The highest BCUT2D eigenvalue weighted by molar-refractivity contribution is 6.29. The number of nitrogens with zero attached hydrogens (tertiary/aromatic N) is 1. The number of benzene rings is 2. The number of hydrogen-bond donors (Lipinski definition) is 2. The van der Waals surface area contributed by atoms with Crippen LogP contribution in [0.25, 0.3) is 10.9 Å². The molecule has 7 heteroatoms. The fourth-order valence-corrected chi connectivity index (χ4v) is 2.31. The summed E-state index contributed by atoms with van der Waals surface area (Å²) in [5, 5.41) is 2.83. The molecule has 0 atom stereocenters. The van der Waals surface area contributed by atoms with Gasteiger partial charge in [0.05, 0.1) is 10.9 Å². The van der Waals surface area contributed by atoms with Gasteiger partial charge < -0.3 is 10.3 Å². The van der Waals surface area contributed by atoms with E-state index in [0.29, 0.717) is 16.8 Å². The lowest BCUT2D eigenvalue weighted by atomic mass is 10.1. The second kappa shape index (κ2) is 6.64. The third kappa shape index (κ3) is 3.18. The van der Waals surface area contributed by atoms with Gasteiger partial charge in [0, 0.05) is 11.3 Å². The smallest absolute Gasteiger partial charge is 0.259 e. The average molecular weight is 342 g/mol. The fraction of sp³-hybridized carbons (Fsp3) is 0.0588. The fourth-order valence-electron chi connectivity index (χ4n) is 2.24. The van der Waals surface area contributed by atoms with E-state index in [2.05, 4.69) is 15.3 Å². The molecule has 0 aliphatic heterocycles. The molecule has 1 heterocycles. The van der Waals surface area contributed by atoms with Gasteiger partial charge in [0.2, 0.25) is 11.7 Å². The summed E-state index contributed by atoms with van der Waals surface area (Å²) in [5.41, 5.74) is 0.775. The largest absolute Gasteiger partial charge is 0.325 e. The first-order chi connectivity index (χ1) is 11.6. The van der Waals surface area contributed by atoms with Crippen LogP contribution < -0.4 is 10.9 Å². The molecule has 0 saturated carbocycles. The Bertz CT molecular complexity index is 983. The van der Waals surface area contributed by atoms with E-state index in [1.807, 2.05) is 0 Å². The molecule has 0 radical (unpaired) electrons. The van der Waals surface area contributed by atoms with E-state index in [1.54, 1.807) is 42.5 Å². The number of carbonyl (C=O) groups excluding carboxylic acids is 2. The Balaban J connectivity index is 2.02. The van der Waals surface area contributed by atoms with Gasteiger partial charge in [-0.2, -0.15) is 0 Å². The molecule has 2 aromatic carbocycles. The van der Waals surface area contributed by atoms with Crippen LogP contribution in [-0.2, 0) is 4.79 Å². The van der Waals surface area contributed by atoms with Crippen LogP contribution >= 0.6 is 11.6 Å². The zero-order chi connectivity index (χ0) is 17.1. The number of alkyl halides is 1. The minimum atomic E-state index is -0.457. The summed E-state index contributed by atoms with van der Waals surface area (Å²) in [6, 6.07) is 13.2. The Morgan fingerprint density at radius 3 is 2.58 bits per heavy atom. The van der Waals surface area contributed by atoms with E-state index < -0.39 is 5.56 Å². The normalized spacial score (nSPS) is 10.5. The van der Waals surface area contributed by atoms with Gasteiger partial charge in [0.25, 0.3) is 5.56 Å². The van der Waals surface area contributed by atoms with Crippen molar-refractivity contribution in [2.24, 2.45) is 0 Å². The van der Waals surface area contributed by atoms with Gasteiger partial charge in [-0.15, -0.1) is 11.6 Å². The number of anilines is 1. The van der Waals surface area contributed by atoms with Crippen molar-refractivity contribution in [3.63, 3.8) is 0 Å². The van der Waals surface area contributed by atoms with Gasteiger partial charge in [0.1, 0.15) is 5.88 Å². The quantitative estimate of drug-likeness (QED) is 0.562. The molecule has 0 aliphatic rings. The summed E-state index contributed by atoms with van der Waals surface area (Å²) < 4.78 is 0. The van der Waals surface area contributed by atoms with E-state index in [0.717, 1.165) is 0 Å². The lowest BCUT2D eigenvalue weighted by Crippen LogP contribution is -2.17. The number of rotatable bonds is 4. The van der Waals surface area contributed by atoms with Crippen molar-refractivity contribution in [2.45, 2.75) is 0 Å². The number of carbonyl (C=O) groups is 2. The minimum absolute atomic E-state index is 0.0313. The summed E-state index contributed by atoms with van der Waals surface area (Å²) in [6.07, 6.45) is 0. The molecule has 0 fully saturated rings. The van der Waals surface area contributed by atoms with Gasteiger partial charge in [-0.3, -0.25) is 14.4 Å². The molecule has 0 unspecified atom stereocenters. The summed E-state index contributed by atoms with van der Waals surface area (Å²) in [4.78, 5) is 42.7. The molecular formula is C17H12ClN3O3. The van der Waals surface area contributed by atoms with E-state index >= 15 is 0 Å². The summed E-state index contributed by atoms with van der Waals surface area (Å²) in [7, 11) is 0. The van der Waals surface area contributed by atoms with Crippen LogP contribution in [0.2, 0.25) is 0 Å². The van der Waals surface area contributed by atoms with Crippen molar-refractivity contribution in [3.8, 4) is 0 Å². The van der Waals surface area contributed by atoms with Gasteiger partial charge in [-0.25, -0.2) is 4.98 Å². The molecule has 24 heavy (non-hydrogen) atoms. The first-order valence-corrected chi connectivity index (χ1v) is 7.61. The van der Waals surface area contributed by atoms with Crippen LogP contribution in [-0.4, -0.2) is 27.5 Å². The summed E-state index contributed by atoms with van der Waals surface area (Å²) >= 11 is 5.44. The number of aromatic amines is 1. The van der Waals surface area contributed by atoms with Gasteiger partial charge in [-0.05, 0) is 18.2 Å². The second-order valence-corrected chi connectivity index (χ2v) is 5.29. The molecule has 0 saturated heterocycles. The molecular weight excluding hydrogens is 330 g/mol. The van der Waals surface area contributed by atoms with Crippen molar-refractivity contribution in [2.75, 3.05) is 11.2 Å². The Morgan fingerprint density at radius 1 is 1.12 bits per heavy atom. The van der Waals surface area contributed by atoms with Crippen LogP contribution in [0.1, 0.15) is 16.2 Å². The lowest BCUT2D eigenvalue weighted by Gasteiger charge is -2.06. The van der Waals surface area contributed by atoms with E-state index in [-0.39, 0.29) is 28.8 Å². The van der Waals surface area contributed by atoms with Gasteiger partial charge in [-0.1, -0.05) is 30.3 Å². The zero-order valence-electron chi connectivity index (χ0n) is 12.4. The van der Waals surface area contributed by atoms with Crippen molar-refractivity contribution in [1.29, 1.82) is 0 Å². The molecule has 3 aromatic rings. The highest BCUT2D eigenvalue weighted by Gasteiger charge is 2.14. The van der Waals surface area contributed by atoms with E-state index in [9.17, 15) is 14.4 Å². The summed E-state index contributed by atoms with van der Waals surface area (Å²) in [6.45, 7) is 0. The van der Waals surface area contributed by atoms with Crippen LogP contribution in [0.5, 0.6) is 0 Å². The minimum Gasteiger partial charge on any atom is -0.325 e. The Morgan fingerprint density at radius 2 is 1.88 bits per heavy atom. The number of H-pyrrole nitrogens is 1. The van der Waals surface area contributed by atoms with Crippen LogP contribution in [0.3, 0.4) is 0 Å². The third-order valence-electron chi connectivity index (χ3n) is 3.36. The topological polar surface area (TPSA) is 91.9 Å². The van der Waals surface area contributed by atoms with Crippen LogP contribution in [0, 0.1) is 0 Å². The number of hydrogen-bond acceptors (Lipinski definition) is 4. The SMILES string of the molecule is O=C(CCl)Nc1ccc2nc(C(=O)c3ccccc3)[nH]c(=O)c2c1. The first kappa shape index (κ1) is 15.9. The van der Waals surface area contributed by atoms with Crippen LogP contribution in [0.4, 0.5) is 5.69 Å². The summed E-state index contributed by atoms with van der Waals surface area (Å²) in [5.74, 6) is -0.960. The maximum atomic E-state index is 12.4. The monoisotopic (exact) mass is 341 g/mol. The van der Waals surface area contributed by atoms with E-state index in [4.69, 9.17) is 11.6 Å². The number of halogens is 1. The highest BCUT2D eigenvalue weighted by Crippen LogP contribution is 2.15. The standard InChI is InChI=1S/C17H12ClN3O3/c18-9-14(22)19-11-6-7-13-12(8-11)17(24)21-16(20-13)15(23)10-4-2-1-3-5-10/h1-8H,9H2,(H,19,22)(H,20,21,24). The zero-order valence-corrected chi connectivity index (χ0v) is 13.1. The van der Waals surface area contributed by atoms with Crippen LogP contribution in [0.15, 0.2) is 53.3 Å². The van der Waals surface area contributed by atoms with Crippen molar-refractivity contribution in [3.05, 3.63) is 70.3 Å². The Labute approximate surface area is 141 Å². The molecule has 3 rings (SSSR count). The number of ketones is 1. The van der Waals surface area contributed by atoms with Gasteiger partial charge in [0.15, 0.2) is 5.82 Å².